The van der Waals surface area contributed by atoms with Crippen molar-refractivity contribution in [2.75, 3.05) is 0 Å². The van der Waals surface area contributed by atoms with Crippen LogP contribution in [0.15, 0.2) is 47.4 Å². The van der Waals surface area contributed by atoms with Crippen LogP contribution in [0, 0.1) is 17.1 Å². The summed E-state index contributed by atoms with van der Waals surface area (Å²) < 4.78 is 39.8. The third kappa shape index (κ3) is 3.79. The number of sulfonamides is 1. The Bertz CT molecular complexity index is 816. The van der Waals surface area contributed by atoms with Gasteiger partial charge >= 0.3 is 0 Å². The molecule has 0 saturated carbocycles. The molecular formula is C14H10ClFN2O2S. The summed E-state index contributed by atoms with van der Waals surface area (Å²) in [6.07, 6.45) is 0. The number of halogens is 2. The summed E-state index contributed by atoms with van der Waals surface area (Å²) in [6.45, 7) is 0.0438. The molecule has 0 atom stereocenters. The number of rotatable bonds is 4. The number of nitrogens with one attached hydrogen (secondary N) is 1. The highest BCUT2D eigenvalue weighted by Crippen LogP contribution is 2.15. The van der Waals surface area contributed by atoms with E-state index in [-0.39, 0.29) is 17.0 Å². The van der Waals surface area contributed by atoms with Crippen LogP contribution in [0.3, 0.4) is 0 Å². The molecule has 0 aromatic heterocycles. The molecule has 0 aliphatic carbocycles. The lowest BCUT2D eigenvalue weighted by atomic mass is 10.2. The summed E-state index contributed by atoms with van der Waals surface area (Å²) in [5.41, 5.74) is 0.370. The van der Waals surface area contributed by atoms with Gasteiger partial charge in [-0.25, -0.2) is 17.5 Å². The van der Waals surface area contributed by atoms with E-state index in [2.05, 4.69) is 4.72 Å². The lowest BCUT2D eigenvalue weighted by Crippen LogP contribution is -2.23. The van der Waals surface area contributed by atoms with Gasteiger partial charge in [0, 0.05) is 11.6 Å². The SMILES string of the molecule is N#Cc1cc(S(=O)(=O)NCc2cccc(Cl)c2)ccc1F. The first-order valence-corrected chi connectivity index (χ1v) is 7.72. The van der Waals surface area contributed by atoms with Crippen molar-refractivity contribution in [1.29, 1.82) is 5.26 Å². The van der Waals surface area contributed by atoms with E-state index < -0.39 is 15.8 Å². The summed E-state index contributed by atoms with van der Waals surface area (Å²) in [5.74, 6) is -0.758. The van der Waals surface area contributed by atoms with Gasteiger partial charge in [0.25, 0.3) is 0 Å². The largest absolute Gasteiger partial charge is 0.240 e. The lowest BCUT2D eigenvalue weighted by molar-refractivity contribution is 0.580. The summed E-state index contributed by atoms with van der Waals surface area (Å²) in [5, 5.41) is 9.23. The standard InChI is InChI=1S/C14H10ClFN2O2S/c15-12-3-1-2-10(6-12)9-18-21(19,20)13-4-5-14(16)11(7-13)8-17/h1-7,18H,9H2. The molecule has 1 N–H and O–H groups in total. The molecule has 2 aromatic rings. The number of hydrogen-bond donors (Lipinski definition) is 1. The molecule has 0 aliphatic rings. The van der Waals surface area contributed by atoms with Gasteiger partial charge in [0.05, 0.1) is 10.5 Å². The molecule has 0 saturated heterocycles. The van der Waals surface area contributed by atoms with Crippen molar-refractivity contribution in [2.45, 2.75) is 11.4 Å². The second-order valence-electron chi connectivity index (χ2n) is 4.21. The molecule has 0 radical (unpaired) electrons. The topological polar surface area (TPSA) is 70.0 Å². The number of nitrogens with zero attached hydrogens (tertiary/aromatic N) is 1. The van der Waals surface area contributed by atoms with E-state index in [1.165, 1.54) is 0 Å². The zero-order valence-electron chi connectivity index (χ0n) is 10.7. The van der Waals surface area contributed by atoms with E-state index in [9.17, 15) is 12.8 Å². The Labute approximate surface area is 126 Å². The Hall–Kier alpha value is -1.94. The van der Waals surface area contributed by atoms with Crippen LogP contribution in [0.1, 0.15) is 11.1 Å². The zero-order valence-corrected chi connectivity index (χ0v) is 12.2. The van der Waals surface area contributed by atoms with Crippen molar-refractivity contribution in [3.05, 3.63) is 64.4 Å². The molecule has 0 spiro atoms. The average molecular weight is 325 g/mol. The summed E-state index contributed by atoms with van der Waals surface area (Å²) >= 11 is 5.81. The van der Waals surface area contributed by atoms with Crippen molar-refractivity contribution < 1.29 is 12.8 Å². The molecule has 21 heavy (non-hydrogen) atoms. The smallest absolute Gasteiger partial charge is 0.207 e. The first-order valence-electron chi connectivity index (χ1n) is 5.86. The van der Waals surface area contributed by atoms with Crippen LogP contribution in [0.4, 0.5) is 4.39 Å². The van der Waals surface area contributed by atoms with Crippen LogP contribution >= 0.6 is 11.6 Å². The Kier molecular flexibility index (Phi) is 4.58. The number of nitriles is 1. The summed E-state index contributed by atoms with van der Waals surface area (Å²) in [7, 11) is -3.83. The van der Waals surface area contributed by atoms with Gasteiger partial charge in [-0.1, -0.05) is 23.7 Å². The fourth-order valence-electron chi connectivity index (χ4n) is 1.67. The second kappa shape index (κ2) is 6.22. The Morgan fingerprint density at radius 1 is 1.24 bits per heavy atom. The van der Waals surface area contributed by atoms with E-state index in [0.717, 1.165) is 18.2 Å². The average Bonchev–Trinajstić information content (AvgIpc) is 2.46. The first-order chi connectivity index (χ1) is 9.92. The maximum Gasteiger partial charge on any atom is 0.240 e. The highest BCUT2D eigenvalue weighted by atomic mass is 35.5. The predicted molar refractivity (Wildman–Crippen MR) is 76.6 cm³/mol. The van der Waals surface area contributed by atoms with Crippen molar-refractivity contribution in [1.82, 2.24) is 4.72 Å². The van der Waals surface area contributed by atoms with E-state index in [0.29, 0.717) is 10.6 Å². The molecule has 0 bridgehead atoms. The van der Waals surface area contributed by atoms with E-state index in [1.807, 2.05) is 0 Å². The molecule has 0 amide bonds. The van der Waals surface area contributed by atoms with Gasteiger partial charge in [0.15, 0.2) is 0 Å². The normalized spacial score (nSPS) is 11.1. The maximum atomic E-state index is 13.2. The zero-order chi connectivity index (χ0) is 15.5. The molecule has 0 heterocycles. The van der Waals surface area contributed by atoms with Crippen molar-refractivity contribution in [3.63, 3.8) is 0 Å². The molecule has 7 heteroatoms. The van der Waals surface area contributed by atoms with Crippen molar-refractivity contribution in [2.24, 2.45) is 0 Å². The Balaban J connectivity index is 2.21. The fourth-order valence-corrected chi connectivity index (χ4v) is 2.92. The van der Waals surface area contributed by atoms with E-state index >= 15 is 0 Å². The van der Waals surface area contributed by atoms with Crippen LogP contribution in [0.2, 0.25) is 5.02 Å². The second-order valence-corrected chi connectivity index (χ2v) is 6.41. The molecule has 0 fully saturated rings. The minimum atomic E-state index is -3.83. The summed E-state index contributed by atoms with van der Waals surface area (Å²) in [4.78, 5) is -0.164. The van der Waals surface area contributed by atoms with E-state index in [1.54, 1.807) is 30.3 Å². The molecule has 108 valence electrons. The summed E-state index contributed by atoms with van der Waals surface area (Å²) in [6, 6.07) is 11.4. The quantitative estimate of drug-likeness (QED) is 0.940. The van der Waals surface area contributed by atoms with Gasteiger partial charge in [-0.15, -0.1) is 0 Å². The van der Waals surface area contributed by atoms with Crippen molar-refractivity contribution in [3.8, 4) is 6.07 Å². The Morgan fingerprint density at radius 2 is 2.00 bits per heavy atom. The fraction of sp³-hybridized carbons (Fsp3) is 0.0714. The molecule has 0 aliphatic heterocycles. The van der Waals surface area contributed by atoms with Crippen LogP contribution in [0.25, 0.3) is 0 Å². The lowest BCUT2D eigenvalue weighted by Gasteiger charge is -2.07. The van der Waals surface area contributed by atoms with Gasteiger partial charge in [-0.3, -0.25) is 0 Å². The van der Waals surface area contributed by atoms with Gasteiger partial charge in [-0.2, -0.15) is 5.26 Å². The van der Waals surface area contributed by atoms with Crippen molar-refractivity contribution >= 4 is 21.6 Å². The third-order valence-electron chi connectivity index (χ3n) is 2.72. The minimum absolute atomic E-state index is 0.0438. The van der Waals surface area contributed by atoms with Crippen LogP contribution in [0.5, 0.6) is 0 Å². The molecule has 2 rings (SSSR count). The van der Waals surface area contributed by atoms with Gasteiger partial charge in [0.1, 0.15) is 11.9 Å². The minimum Gasteiger partial charge on any atom is -0.207 e. The predicted octanol–water partition coefficient (Wildman–Crippen LogP) is 2.83. The molecule has 2 aromatic carbocycles. The monoisotopic (exact) mass is 324 g/mol. The van der Waals surface area contributed by atoms with Crippen LogP contribution in [-0.4, -0.2) is 8.42 Å². The maximum absolute atomic E-state index is 13.2. The highest BCUT2D eigenvalue weighted by Gasteiger charge is 2.16. The van der Waals surface area contributed by atoms with Crippen LogP contribution < -0.4 is 4.72 Å². The van der Waals surface area contributed by atoms with Crippen LogP contribution in [-0.2, 0) is 16.6 Å². The van der Waals surface area contributed by atoms with Gasteiger partial charge < -0.3 is 0 Å². The molecule has 4 nitrogen and oxygen atoms in total. The number of hydrogen-bond acceptors (Lipinski definition) is 3. The van der Waals surface area contributed by atoms with E-state index in [4.69, 9.17) is 16.9 Å². The highest BCUT2D eigenvalue weighted by molar-refractivity contribution is 7.89. The van der Waals surface area contributed by atoms with Gasteiger partial charge in [0.2, 0.25) is 10.0 Å². The van der Waals surface area contributed by atoms with Gasteiger partial charge in [-0.05, 0) is 35.9 Å². The molecule has 0 unspecified atom stereocenters. The molecular weight excluding hydrogens is 315 g/mol. The third-order valence-corrected chi connectivity index (χ3v) is 4.36. The number of benzene rings is 2. The first kappa shape index (κ1) is 15.4. The Morgan fingerprint density at radius 3 is 2.67 bits per heavy atom.